The predicted octanol–water partition coefficient (Wildman–Crippen LogP) is 3.89. The van der Waals surface area contributed by atoms with E-state index in [1.165, 1.54) is 0 Å². The molecule has 0 amide bonds. The molecule has 4 heteroatoms. The maximum absolute atomic E-state index is 11.7. The molecule has 2 aromatic rings. The SMILES string of the molecule is CCc1ccccc1OCC(=O)Oc1ccccc1Cl. The van der Waals surface area contributed by atoms with Gasteiger partial charge < -0.3 is 9.47 Å². The van der Waals surface area contributed by atoms with Crippen LogP contribution in [0.4, 0.5) is 0 Å². The Balaban J connectivity index is 1.94. The van der Waals surface area contributed by atoms with Crippen molar-refractivity contribution in [3.63, 3.8) is 0 Å². The monoisotopic (exact) mass is 290 g/mol. The first-order valence-electron chi connectivity index (χ1n) is 6.36. The van der Waals surface area contributed by atoms with Gasteiger partial charge in [0.05, 0.1) is 5.02 Å². The van der Waals surface area contributed by atoms with Crippen LogP contribution in [0.1, 0.15) is 12.5 Å². The van der Waals surface area contributed by atoms with Gasteiger partial charge in [-0.25, -0.2) is 4.79 Å². The largest absolute Gasteiger partial charge is 0.482 e. The molecule has 0 saturated carbocycles. The number of benzene rings is 2. The van der Waals surface area contributed by atoms with Gasteiger partial charge in [-0.05, 0) is 30.2 Å². The average molecular weight is 291 g/mol. The maximum atomic E-state index is 11.7. The van der Waals surface area contributed by atoms with Gasteiger partial charge in [-0.2, -0.15) is 0 Å². The highest BCUT2D eigenvalue weighted by atomic mass is 35.5. The minimum absolute atomic E-state index is 0.151. The summed E-state index contributed by atoms with van der Waals surface area (Å²) in [6, 6.07) is 14.4. The van der Waals surface area contributed by atoms with E-state index < -0.39 is 5.97 Å². The molecular weight excluding hydrogens is 276 g/mol. The molecule has 0 aliphatic heterocycles. The lowest BCUT2D eigenvalue weighted by Crippen LogP contribution is -2.18. The molecular formula is C16H15ClO3. The molecule has 0 aromatic heterocycles. The number of hydrogen-bond acceptors (Lipinski definition) is 3. The molecule has 0 atom stereocenters. The number of ether oxygens (including phenoxy) is 2. The van der Waals surface area contributed by atoms with E-state index >= 15 is 0 Å². The number of aryl methyl sites for hydroxylation is 1. The number of para-hydroxylation sites is 2. The first kappa shape index (κ1) is 14.4. The van der Waals surface area contributed by atoms with Crippen molar-refractivity contribution in [1.29, 1.82) is 0 Å². The van der Waals surface area contributed by atoms with E-state index in [2.05, 4.69) is 0 Å². The number of hydrogen-bond donors (Lipinski definition) is 0. The van der Waals surface area contributed by atoms with Crippen LogP contribution in [0.2, 0.25) is 5.02 Å². The lowest BCUT2D eigenvalue weighted by Gasteiger charge is -2.10. The molecule has 0 aliphatic rings. The Kier molecular flexibility index (Phi) is 5.02. The van der Waals surface area contributed by atoms with Crippen molar-refractivity contribution in [2.75, 3.05) is 6.61 Å². The Bertz CT molecular complexity index is 596. The quantitative estimate of drug-likeness (QED) is 0.619. The fraction of sp³-hybridized carbons (Fsp3) is 0.188. The molecule has 0 spiro atoms. The van der Waals surface area contributed by atoms with Crippen molar-refractivity contribution in [3.8, 4) is 11.5 Å². The summed E-state index contributed by atoms with van der Waals surface area (Å²) in [7, 11) is 0. The van der Waals surface area contributed by atoms with Crippen LogP contribution in [-0.2, 0) is 11.2 Å². The molecule has 0 unspecified atom stereocenters. The standard InChI is InChI=1S/C16H15ClO3/c1-2-12-7-3-5-9-14(12)19-11-16(18)20-15-10-6-4-8-13(15)17/h3-10H,2,11H2,1H3. The van der Waals surface area contributed by atoms with Crippen molar-refractivity contribution in [1.82, 2.24) is 0 Å². The molecule has 3 nitrogen and oxygen atoms in total. The zero-order valence-corrected chi connectivity index (χ0v) is 11.9. The molecule has 2 aromatic carbocycles. The van der Waals surface area contributed by atoms with Gasteiger partial charge in [0, 0.05) is 0 Å². The third-order valence-corrected chi connectivity index (χ3v) is 3.07. The van der Waals surface area contributed by atoms with Crippen molar-refractivity contribution in [3.05, 3.63) is 59.1 Å². The van der Waals surface area contributed by atoms with Crippen molar-refractivity contribution >= 4 is 17.6 Å². The molecule has 0 heterocycles. The molecule has 0 aliphatic carbocycles. The highest BCUT2D eigenvalue weighted by molar-refractivity contribution is 6.32. The number of carbonyl (C=O) groups is 1. The Morgan fingerprint density at radius 2 is 1.70 bits per heavy atom. The lowest BCUT2D eigenvalue weighted by atomic mass is 10.1. The van der Waals surface area contributed by atoms with Gasteiger partial charge in [0.15, 0.2) is 6.61 Å². The van der Waals surface area contributed by atoms with Crippen LogP contribution >= 0.6 is 11.6 Å². The van der Waals surface area contributed by atoms with Gasteiger partial charge >= 0.3 is 5.97 Å². The van der Waals surface area contributed by atoms with Crippen LogP contribution in [0.25, 0.3) is 0 Å². The van der Waals surface area contributed by atoms with Gasteiger partial charge in [-0.3, -0.25) is 0 Å². The molecule has 0 N–H and O–H groups in total. The zero-order chi connectivity index (χ0) is 14.4. The summed E-state index contributed by atoms with van der Waals surface area (Å²) in [5.41, 5.74) is 1.05. The van der Waals surface area contributed by atoms with Crippen LogP contribution < -0.4 is 9.47 Å². The first-order chi connectivity index (χ1) is 9.70. The Labute approximate surface area is 123 Å². The summed E-state index contributed by atoms with van der Waals surface area (Å²) in [4.78, 5) is 11.7. The van der Waals surface area contributed by atoms with Crippen molar-refractivity contribution in [2.45, 2.75) is 13.3 Å². The lowest BCUT2D eigenvalue weighted by molar-refractivity contribution is -0.136. The summed E-state index contributed by atoms with van der Waals surface area (Å²) in [6.07, 6.45) is 0.843. The number of halogens is 1. The fourth-order valence-corrected chi connectivity index (χ4v) is 1.93. The first-order valence-corrected chi connectivity index (χ1v) is 6.74. The summed E-state index contributed by atoms with van der Waals surface area (Å²) in [6.45, 7) is 1.88. The second-order valence-corrected chi connectivity index (χ2v) is 4.56. The number of esters is 1. The highest BCUT2D eigenvalue weighted by Gasteiger charge is 2.09. The minimum Gasteiger partial charge on any atom is -0.482 e. The van der Waals surface area contributed by atoms with Gasteiger partial charge in [0.25, 0.3) is 0 Å². The van der Waals surface area contributed by atoms with Gasteiger partial charge in [0.2, 0.25) is 0 Å². The van der Waals surface area contributed by atoms with E-state index in [1.807, 2.05) is 31.2 Å². The summed E-state index contributed by atoms with van der Waals surface area (Å²) in [5, 5.41) is 0.398. The smallest absolute Gasteiger partial charge is 0.349 e. The predicted molar refractivity (Wildman–Crippen MR) is 78.4 cm³/mol. The molecule has 0 bridgehead atoms. The van der Waals surface area contributed by atoms with Gasteiger partial charge in [-0.1, -0.05) is 48.9 Å². The third-order valence-electron chi connectivity index (χ3n) is 2.76. The van der Waals surface area contributed by atoms with Crippen LogP contribution in [0.15, 0.2) is 48.5 Å². The normalized spacial score (nSPS) is 10.1. The topological polar surface area (TPSA) is 35.5 Å². The third kappa shape index (κ3) is 3.75. The molecule has 104 valence electrons. The van der Waals surface area contributed by atoms with E-state index in [9.17, 15) is 4.79 Å². The second-order valence-electron chi connectivity index (χ2n) is 4.15. The van der Waals surface area contributed by atoms with E-state index in [0.29, 0.717) is 16.5 Å². The van der Waals surface area contributed by atoms with Crippen LogP contribution in [-0.4, -0.2) is 12.6 Å². The van der Waals surface area contributed by atoms with Crippen molar-refractivity contribution < 1.29 is 14.3 Å². The van der Waals surface area contributed by atoms with Crippen molar-refractivity contribution in [2.24, 2.45) is 0 Å². The van der Waals surface area contributed by atoms with Crippen LogP contribution in [0.3, 0.4) is 0 Å². The molecule has 20 heavy (non-hydrogen) atoms. The van der Waals surface area contributed by atoms with Crippen LogP contribution in [0.5, 0.6) is 11.5 Å². The summed E-state index contributed by atoms with van der Waals surface area (Å²) in [5.74, 6) is 0.557. The Morgan fingerprint density at radius 1 is 1.05 bits per heavy atom. The fourth-order valence-electron chi connectivity index (χ4n) is 1.75. The van der Waals surface area contributed by atoms with E-state index in [-0.39, 0.29) is 6.61 Å². The molecule has 0 saturated heterocycles. The zero-order valence-electron chi connectivity index (χ0n) is 11.1. The molecule has 0 radical (unpaired) electrons. The Morgan fingerprint density at radius 3 is 2.40 bits per heavy atom. The molecule has 2 rings (SSSR count). The maximum Gasteiger partial charge on any atom is 0.349 e. The van der Waals surface area contributed by atoms with E-state index in [4.69, 9.17) is 21.1 Å². The number of carbonyl (C=O) groups excluding carboxylic acids is 1. The summed E-state index contributed by atoms with van der Waals surface area (Å²) < 4.78 is 10.6. The van der Waals surface area contributed by atoms with Crippen LogP contribution in [0, 0.1) is 0 Å². The molecule has 0 fully saturated rings. The highest BCUT2D eigenvalue weighted by Crippen LogP contribution is 2.23. The Hall–Kier alpha value is -2.00. The van der Waals surface area contributed by atoms with E-state index in [1.54, 1.807) is 24.3 Å². The minimum atomic E-state index is -0.482. The van der Waals surface area contributed by atoms with Gasteiger partial charge in [0.1, 0.15) is 11.5 Å². The second kappa shape index (κ2) is 6.96. The average Bonchev–Trinajstić information content (AvgIpc) is 2.48. The van der Waals surface area contributed by atoms with Gasteiger partial charge in [-0.15, -0.1) is 0 Å². The van der Waals surface area contributed by atoms with E-state index in [0.717, 1.165) is 12.0 Å². The number of rotatable bonds is 5. The summed E-state index contributed by atoms with van der Waals surface area (Å²) >= 11 is 5.92.